The fourth-order valence-electron chi connectivity index (χ4n) is 3.58. The number of rotatable bonds is 0. The van der Waals surface area contributed by atoms with Gasteiger partial charge in [-0.15, -0.1) is 0 Å². The van der Waals surface area contributed by atoms with Gasteiger partial charge in [0.2, 0.25) is 0 Å². The van der Waals surface area contributed by atoms with E-state index in [1.807, 2.05) is 0 Å². The molecule has 0 bridgehead atoms. The molecule has 1 aliphatic rings. The molecule has 0 fully saturated rings. The normalized spacial score (nSPS) is 19.7. The molecule has 1 aliphatic carbocycles. The summed E-state index contributed by atoms with van der Waals surface area (Å²) in [5, 5.41) is 1.50. The lowest BCUT2D eigenvalue weighted by Gasteiger charge is -2.34. The molecular weight excluding hydrogens is 230 g/mol. The Morgan fingerprint density at radius 3 is 2.47 bits per heavy atom. The number of benzene rings is 1. The van der Waals surface area contributed by atoms with Crippen molar-refractivity contribution >= 4 is 10.9 Å². The molecule has 1 N–H and O–H groups in total. The highest BCUT2D eigenvalue weighted by molar-refractivity contribution is 5.90. The monoisotopic (exact) mass is 255 g/mol. The van der Waals surface area contributed by atoms with Crippen molar-refractivity contribution in [3.05, 3.63) is 34.5 Å². The number of aryl methyl sites for hydroxylation is 3. The molecule has 1 aromatic heterocycles. The van der Waals surface area contributed by atoms with Gasteiger partial charge in [-0.2, -0.15) is 0 Å². The fraction of sp³-hybridized carbons (Fsp3) is 0.556. The van der Waals surface area contributed by atoms with Gasteiger partial charge in [-0.3, -0.25) is 0 Å². The first-order valence-corrected chi connectivity index (χ1v) is 7.47. The van der Waals surface area contributed by atoms with E-state index < -0.39 is 0 Å². The quantitative estimate of drug-likeness (QED) is 0.686. The van der Waals surface area contributed by atoms with Crippen molar-refractivity contribution in [1.29, 1.82) is 0 Å². The van der Waals surface area contributed by atoms with E-state index in [2.05, 4.69) is 51.7 Å². The van der Waals surface area contributed by atoms with Crippen LogP contribution in [0.3, 0.4) is 0 Å². The molecule has 0 saturated heterocycles. The van der Waals surface area contributed by atoms with E-state index in [1.54, 1.807) is 5.56 Å². The van der Waals surface area contributed by atoms with Crippen LogP contribution in [0.15, 0.2) is 12.1 Å². The van der Waals surface area contributed by atoms with Gasteiger partial charge >= 0.3 is 0 Å². The second-order valence-electron chi connectivity index (χ2n) is 7.34. The van der Waals surface area contributed by atoms with Crippen molar-refractivity contribution in [2.24, 2.45) is 11.3 Å². The van der Waals surface area contributed by atoms with Gasteiger partial charge in [0.25, 0.3) is 0 Å². The van der Waals surface area contributed by atoms with Crippen molar-refractivity contribution in [2.45, 2.75) is 53.9 Å². The molecule has 102 valence electrons. The summed E-state index contributed by atoms with van der Waals surface area (Å²) in [4.78, 5) is 3.70. The number of hydrogen-bond donors (Lipinski definition) is 1. The van der Waals surface area contributed by atoms with Crippen LogP contribution < -0.4 is 0 Å². The molecule has 3 rings (SSSR count). The van der Waals surface area contributed by atoms with Gasteiger partial charge in [-0.25, -0.2) is 0 Å². The van der Waals surface area contributed by atoms with Crippen molar-refractivity contribution in [2.75, 3.05) is 0 Å². The second-order valence-corrected chi connectivity index (χ2v) is 7.34. The number of aromatic amines is 1. The Balaban J connectivity index is 2.16. The molecule has 0 amide bonds. The highest BCUT2D eigenvalue weighted by Gasteiger charge is 2.30. The summed E-state index contributed by atoms with van der Waals surface area (Å²) < 4.78 is 0. The Hall–Kier alpha value is -1.24. The van der Waals surface area contributed by atoms with Gasteiger partial charge in [-0.1, -0.05) is 32.9 Å². The Morgan fingerprint density at radius 1 is 1.11 bits per heavy atom. The number of aromatic nitrogens is 1. The zero-order valence-corrected chi connectivity index (χ0v) is 12.9. The summed E-state index contributed by atoms with van der Waals surface area (Å²) in [5.41, 5.74) is 7.68. The van der Waals surface area contributed by atoms with Gasteiger partial charge in [0.05, 0.1) is 0 Å². The molecule has 0 radical (unpaired) electrons. The highest BCUT2D eigenvalue weighted by atomic mass is 14.7. The summed E-state index contributed by atoms with van der Waals surface area (Å²) in [6.07, 6.45) is 3.77. The molecule has 1 atom stereocenters. The van der Waals surface area contributed by atoms with Gasteiger partial charge in [0, 0.05) is 16.6 Å². The first kappa shape index (κ1) is 12.8. The van der Waals surface area contributed by atoms with E-state index >= 15 is 0 Å². The third-order valence-electron chi connectivity index (χ3n) is 4.98. The SMILES string of the molecule is Cc1ccc(C)c2c3c([nH]c12)CCC(C(C)(C)C)C3. The van der Waals surface area contributed by atoms with E-state index in [1.165, 1.54) is 47.0 Å². The van der Waals surface area contributed by atoms with Crippen LogP contribution in [0.1, 0.15) is 49.6 Å². The van der Waals surface area contributed by atoms with Gasteiger partial charge < -0.3 is 4.98 Å². The molecule has 1 unspecified atom stereocenters. The minimum absolute atomic E-state index is 0.416. The first-order chi connectivity index (χ1) is 8.88. The highest BCUT2D eigenvalue weighted by Crippen LogP contribution is 2.40. The minimum atomic E-state index is 0.416. The molecule has 1 aromatic carbocycles. The molecule has 19 heavy (non-hydrogen) atoms. The number of hydrogen-bond acceptors (Lipinski definition) is 0. The number of nitrogens with one attached hydrogen (secondary N) is 1. The molecule has 0 spiro atoms. The van der Waals surface area contributed by atoms with Crippen LogP contribution >= 0.6 is 0 Å². The van der Waals surface area contributed by atoms with E-state index in [9.17, 15) is 0 Å². The van der Waals surface area contributed by atoms with Crippen molar-refractivity contribution in [3.8, 4) is 0 Å². The number of fused-ring (bicyclic) bond motifs is 3. The molecule has 0 saturated carbocycles. The average Bonchev–Trinajstić information content (AvgIpc) is 2.72. The summed E-state index contributed by atoms with van der Waals surface area (Å²) in [6, 6.07) is 4.51. The second kappa shape index (κ2) is 4.13. The Morgan fingerprint density at radius 2 is 1.79 bits per heavy atom. The Bertz CT molecular complexity index is 625. The van der Waals surface area contributed by atoms with E-state index in [4.69, 9.17) is 0 Å². The van der Waals surface area contributed by atoms with E-state index in [-0.39, 0.29) is 0 Å². The molecule has 1 heteroatoms. The zero-order valence-electron chi connectivity index (χ0n) is 12.9. The lowest BCUT2D eigenvalue weighted by molar-refractivity contribution is 0.216. The molecule has 1 nitrogen and oxygen atoms in total. The van der Waals surface area contributed by atoms with Crippen LogP contribution in [0.4, 0.5) is 0 Å². The molecule has 1 heterocycles. The summed E-state index contributed by atoms with van der Waals surface area (Å²) in [7, 11) is 0. The van der Waals surface area contributed by atoms with Gasteiger partial charge in [0.15, 0.2) is 0 Å². The van der Waals surface area contributed by atoms with Crippen molar-refractivity contribution in [1.82, 2.24) is 4.98 Å². The van der Waals surface area contributed by atoms with Crippen LogP contribution in [0.5, 0.6) is 0 Å². The molecule has 0 aliphatic heterocycles. The summed E-state index contributed by atoms with van der Waals surface area (Å²) >= 11 is 0. The van der Waals surface area contributed by atoms with Crippen molar-refractivity contribution in [3.63, 3.8) is 0 Å². The van der Waals surface area contributed by atoms with E-state index in [0.717, 1.165) is 5.92 Å². The topological polar surface area (TPSA) is 15.8 Å². The Kier molecular flexibility index (Phi) is 2.78. The van der Waals surface area contributed by atoms with Gasteiger partial charge in [0.1, 0.15) is 0 Å². The van der Waals surface area contributed by atoms with Crippen LogP contribution in [0, 0.1) is 25.2 Å². The van der Waals surface area contributed by atoms with Crippen molar-refractivity contribution < 1.29 is 0 Å². The minimum Gasteiger partial charge on any atom is -0.358 e. The first-order valence-electron chi connectivity index (χ1n) is 7.47. The average molecular weight is 255 g/mol. The van der Waals surface area contributed by atoms with Crippen LogP contribution in [0.25, 0.3) is 10.9 Å². The maximum atomic E-state index is 3.70. The lowest BCUT2D eigenvalue weighted by Crippen LogP contribution is -2.26. The Labute approximate surface area is 116 Å². The summed E-state index contributed by atoms with van der Waals surface area (Å²) in [6.45, 7) is 11.6. The molecular formula is C18H25N. The maximum absolute atomic E-state index is 3.70. The van der Waals surface area contributed by atoms with Crippen LogP contribution in [-0.2, 0) is 12.8 Å². The predicted molar refractivity (Wildman–Crippen MR) is 82.7 cm³/mol. The third kappa shape index (κ3) is 2.00. The third-order valence-corrected chi connectivity index (χ3v) is 4.98. The maximum Gasteiger partial charge on any atom is 0.0491 e. The summed E-state index contributed by atoms with van der Waals surface area (Å²) in [5.74, 6) is 0.805. The lowest BCUT2D eigenvalue weighted by atomic mass is 9.71. The van der Waals surface area contributed by atoms with Crippen LogP contribution in [-0.4, -0.2) is 4.98 Å². The molecule has 2 aromatic rings. The fourth-order valence-corrected chi connectivity index (χ4v) is 3.58. The smallest absolute Gasteiger partial charge is 0.0491 e. The zero-order chi connectivity index (χ0) is 13.8. The number of H-pyrrole nitrogens is 1. The van der Waals surface area contributed by atoms with E-state index in [0.29, 0.717) is 5.41 Å². The van der Waals surface area contributed by atoms with Gasteiger partial charge in [-0.05, 0) is 61.1 Å². The standard InChI is InChI=1S/C18H25N/c1-11-6-7-12(2)17-16(11)14-10-13(18(3,4)5)8-9-15(14)19-17/h6-7,13,19H,8-10H2,1-5H3. The predicted octanol–water partition coefficient (Wildman–Crippen LogP) is 4.94. The largest absolute Gasteiger partial charge is 0.358 e. The van der Waals surface area contributed by atoms with Crippen LogP contribution in [0.2, 0.25) is 0 Å².